The predicted octanol–water partition coefficient (Wildman–Crippen LogP) is 3.41. The fraction of sp³-hybridized carbons (Fsp3) is 0.333. The molecule has 1 atom stereocenters. The molecule has 0 amide bonds. The maximum Gasteiger partial charge on any atom is 0.143 e. The van der Waals surface area contributed by atoms with E-state index in [9.17, 15) is 0 Å². The van der Waals surface area contributed by atoms with E-state index in [1.165, 1.54) is 4.88 Å². The monoisotopic (exact) mass is 276 g/mol. The number of hydrogen-bond acceptors (Lipinski definition) is 4. The van der Waals surface area contributed by atoms with E-state index >= 15 is 0 Å². The Morgan fingerprint density at radius 3 is 2.74 bits per heavy atom. The largest absolute Gasteiger partial charge is 0.495 e. The maximum atomic E-state index is 6.14. The number of ether oxygens (including phenoxy) is 1. The van der Waals surface area contributed by atoms with E-state index in [1.807, 2.05) is 18.2 Å². The van der Waals surface area contributed by atoms with Crippen LogP contribution in [0.5, 0.6) is 5.75 Å². The molecule has 4 heteroatoms. The topological polar surface area (TPSA) is 38.5 Å². The van der Waals surface area contributed by atoms with Crippen molar-refractivity contribution in [3.63, 3.8) is 0 Å². The van der Waals surface area contributed by atoms with Gasteiger partial charge in [-0.1, -0.05) is 12.1 Å². The zero-order chi connectivity index (χ0) is 13.8. The number of benzene rings is 1. The minimum atomic E-state index is 0.382. The molecular formula is C15H20N2OS. The van der Waals surface area contributed by atoms with Gasteiger partial charge in [0.25, 0.3) is 0 Å². The van der Waals surface area contributed by atoms with Crippen LogP contribution in [0.3, 0.4) is 0 Å². The first kappa shape index (κ1) is 13.7. The molecule has 0 spiro atoms. The number of nitrogen functional groups attached to an aromatic ring is 1. The van der Waals surface area contributed by atoms with Crippen LogP contribution in [0, 0.1) is 0 Å². The lowest BCUT2D eigenvalue weighted by molar-refractivity contribution is 0.417. The first-order valence-corrected chi connectivity index (χ1v) is 7.19. The Morgan fingerprint density at radius 1 is 1.32 bits per heavy atom. The van der Waals surface area contributed by atoms with Crippen molar-refractivity contribution >= 4 is 22.7 Å². The van der Waals surface area contributed by atoms with Gasteiger partial charge in [-0.15, -0.1) is 11.3 Å². The van der Waals surface area contributed by atoms with Crippen LogP contribution in [0.2, 0.25) is 0 Å². The molecule has 2 rings (SSSR count). The minimum absolute atomic E-state index is 0.382. The highest BCUT2D eigenvalue weighted by molar-refractivity contribution is 7.09. The first-order chi connectivity index (χ1) is 9.13. The molecule has 0 saturated heterocycles. The predicted molar refractivity (Wildman–Crippen MR) is 83.3 cm³/mol. The fourth-order valence-corrected chi connectivity index (χ4v) is 2.94. The van der Waals surface area contributed by atoms with Crippen LogP contribution in [-0.4, -0.2) is 20.2 Å². The Labute approximate surface area is 118 Å². The van der Waals surface area contributed by atoms with Gasteiger partial charge in [-0.25, -0.2) is 0 Å². The van der Waals surface area contributed by atoms with Gasteiger partial charge in [-0.2, -0.15) is 0 Å². The van der Waals surface area contributed by atoms with Gasteiger partial charge in [-0.05, 0) is 30.5 Å². The Kier molecular flexibility index (Phi) is 4.32. The fourth-order valence-electron chi connectivity index (χ4n) is 2.11. The molecule has 0 saturated carbocycles. The van der Waals surface area contributed by atoms with Crippen molar-refractivity contribution in [1.82, 2.24) is 0 Å². The van der Waals surface area contributed by atoms with Gasteiger partial charge in [0, 0.05) is 24.4 Å². The van der Waals surface area contributed by atoms with E-state index in [0.717, 1.165) is 17.9 Å². The molecule has 1 aromatic carbocycles. The first-order valence-electron chi connectivity index (χ1n) is 6.31. The highest BCUT2D eigenvalue weighted by atomic mass is 32.1. The average molecular weight is 276 g/mol. The Hall–Kier alpha value is -1.68. The van der Waals surface area contributed by atoms with Crippen molar-refractivity contribution in [2.24, 2.45) is 0 Å². The summed E-state index contributed by atoms with van der Waals surface area (Å²) in [4.78, 5) is 3.60. The standard InChI is InChI=1S/C15H20N2OS/c1-11(10-12-6-5-9-19-12)17(2)13-7-4-8-14(18-3)15(13)16/h4-9,11H,10,16H2,1-3H3. The summed E-state index contributed by atoms with van der Waals surface area (Å²) in [6.45, 7) is 2.21. The summed E-state index contributed by atoms with van der Waals surface area (Å²) < 4.78 is 5.27. The Morgan fingerprint density at radius 2 is 2.11 bits per heavy atom. The number of nitrogens with two attached hydrogens (primary N) is 1. The van der Waals surface area contributed by atoms with Gasteiger partial charge in [-0.3, -0.25) is 0 Å². The number of likely N-dealkylation sites (N-methyl/N-ethyl adjacent to an activating group) is 1. The molecule has 3 nitrogen and oxygen atoms in total. The smallest absolute Gasteiger partial charge is 0.143 e. The van der Waals surface area contributed by atoms with Crippen molar-refractivity contribution < 1.29 is 4.74 Å². The molecule has 19 heavy (non-hydrogen) atoms. The highest BCUT2D eigenvalue weighted by Crippen LogP contribution is 2.32. The molecule has 0 aliphatic heterocycles. The van der Waals surface area contributed by atoms with Gasteiger partial charge in [0.05, 0.1) is 18.5 Å². The molecule has 2 aromatic rings. The third-order valence-corrected chi connectivity index (χ3v) is 4.28. The van der Waals surface area contributed by atoms with Crippen LogP contribution in [0.25, 0.3) is 0 Å². The van der Waals surface area contributed by atoms with Crippen LogP contribution in [0.15, 0.2) is 35.7 Å². The lowest BCUT2D eigenvalue weighted by atomic mass is 10.1. The highest BCUT2D eigenvalue weighted by Gasteiger charge is 2.15. The van der Waals surface area contributed by atoms with E-state index < -0.39 is 0 Å². The van der Waals surface area contributed by atoms with Crippen molar-refractivity contribution in [3.05, 3.63) is 40.6 Å². The zero-order valence-corrected chi connectivity index (χ0v) is 12.4. The van der Waals surface area contributed by atoms with Gasteiger partial charge in [0.15, 0.2) is 0 Å². The number of anilines is 2. The molecule has 0 bridgehead atoms. The Balaban J connectivity index is 2.16. The van der Waals surface area contributed by atoms with E-state index in [2.05, 4.69) is 36.4 Å². The van der Waals surface area contributed by atoms with Crippen molar-refractivity contribution in [2.45, 2.75) is 19.4 Å². The van der Waals surface area contributed by atoms with Crippen LogP contribution >= 0.6 is 11.3 Å². The van der Waals surface area contributed by atoms with Gasteiger partial charge in [0.1, 0.15) is 5.75 Å². The maximum absolute atomic E-state index is 6.14. The molecule has 102 valence electrons. The summed E-state index contributed by atoms with van der Waals surface area (Å²) in [6, 6.07) is 10.5. The van der Waals surface area contributed by atoms with Crippen molar-refractivity contribution in [3.8, 4) is 5.75 Å². The molecule has 2 N–H and O–H groups in total. The van der Waals surface area contributed by atoms with E-state index in [0.29, 0.717) is 11.7 Å². The molecule has 1 aromatic heterocycles. The second-order valence-corrected chi connectivity index (χ2v) is 5.67. The van der Waals surface area contributed by atoms with Crippen LogP contribution in [0.4, 0.5) is 11.4 Å². The van der Waals surface area contributed by atoms with E-state index in [-0.39, 0.29) is 0 Å². The number of methoxy groups -OCH3 is 1. The lowest BCUT2D eigenvalue weighted by Gasteiger charge is -2.28. The molecule has 1 unspecified atom stereocenters. The SMILES string of the molecule is COc1cccc(N(C)C(C)Cc2cccs2)c1N. The summed E-state index contributed by atoms with van der Waals surface area (Å²) >= 11 is 1.79. The number of hydrogen-bond donors (Lipinski definition) is 1. The quantitative estimate of drug-likeness (QED) is 0.851. The third kappa shape index (κ3) is 3.01. The number of rotatable bonds is 5. The van der Waals surface area contributed by atoms with Crippen LogP contribution in [0.1, 0.15) is 11.8 Å². The molecule has 0 fully saturated rings. The molecular weight excluding hydrogens is 256 g/mol. The van der Waals surface area contributed by atoms with Crippen molar-refractivity contribution in [1.29, 1.82) is 0 Å². The number of thiophene rings is 1. The van der Waals surface area contributed by atoms with Crippen LogP contribution in [-0.2, 0) is 6.42 Å². The summed E-state index contributed by atoms with van der Waals surface area (Å²) in [5.41, 5.74) is 7.86. The molecule has 0 radical (unpaired) electrons. The second kappa shape index (κ2) is 5.97. The van der Waals surface area contributed by atoms with E-state index in [1.54, 1.807) is 18.4 Å². The summed E-state index contributed by atoms with van der Waals surface area (Å²) in [5, 5.41) is 2.11. The average Bonchev–Trinajstić information content (AvgIpc) is 2.91. The van der Waals surface area contributed by atoms with Gasteiger partial charge < -0.3 is 15.4 Å². The lowest BCUT2D eigenvalue weighted by Crippen LogP contribution is -2.31. The Bertz CT molecular complexity index is 525. The van der Waals surface area contributed by atoms with E-state index in [4.69, 9.17) is 10.5 Å². The molecule has 0 aliphatic rings. The van der Waals surface area contributed by atoms with Crippen molar-refractivity contribution in [2.75, 3.05) is 24.8 Å². The zero-order valence-electron chi connectivity index (χ0n) is 11.6. The molecule has 1 heterocycles. The number of nitrogens with zero attached hydrogens (tertiary/aromatic N) is 1. The normalized spacial score (nSPS) is 12.2. The van der Waals surface area contributed by atoms with Crippen LogP contribution < -0.4 is 15.4 Å². The van der Waals surface area contributed by atoms with Gasteiger partial charge >= 0.3 is 0 Å². The minimum Gasteiger partial charge on any atom is -0.495 e. The summed E-state index contributed by atoms with van der Waals surface area (Å²) in [5.74, 6) is 0.729. The second-order valence-electron chi connectivity index (χ2n) is 4.64. The van der Waals surface area contributed by atoms with Gasteiger partial charge in [0.2, 0.25) is 0 Å². The number of para-hydroxylation sites is 1. The third-order valence-electron chi connectivity index (χ3n) is 3.38. The summed E-state index contributed by atoms with van der Waals surface area (Å²) in [6.07, 6.45) is 1.02. The summed E-state index contributed by atoms with van der Waals surface area (Å²) in [7, 11) is 3.72. The molecule has 0 aliphatic carbocycles.